The van der Waals surface area contributed by atoms with Crippen LogP contribution in [0.3, 0.4) is 0 Å². The maximum Gasteiger partial charge on any atom is 0.586 e. The lowest BCUT2D eigenvalue weighted by Gasteiger charge is -2.31. The molecule has 2 aromatic carbocycles. The van der Waals surface area contributed by atoms with E-state index in [1.807, 2.05) is 6.07 Å². The smallest absolute Gasteiger partial charge is 0.478 e. The average Bonchev–Trinajstić information content (AvgIpc) is 3.51. The van der Waals surface area contributed by atoms with Crippen molar-refractivity contribution < 1.29 is 37.7 Å². The summed E-state index contributed by atoms with van der Waals surface area (Å²) in [7, 11) is 0. The number of carboxylic acids is 1. The van der Waals surface area contributed by atoms with Gasteiger partial charge in [-0.15, -0.1) is 8.78 Å². The summed E-state index contributed by atoms with van der Waals surface area (Å²) in [5.41, 5.74) is 0.782. The fourth-order valence-corrected chi connectivity index (χ4v) is 4.37. The lowest BCUT2D eigenvalue weighted by Crippen LogP contribution is -2.44. The number of halogens is 2. The SMILES string of the molecule is O=C(O)c1cccc([C@H]2C[C@H](NC(=O)C3(c4ccc5c(c4)OC(F)(F)O5)CC3)CCO2)c1. The van der Waals surface area contributed by atoms with Crippen molar-refractivity contribution in [3.05, 3.63) is 59.2 Å². The standard InChI is InChI=1S/C23H21F2NO6/c24-23(25)31-17-5-4-15(11-19(17)32-23)22(7-8-22)21(29)26-16-6-9-30-18(12-16)13-2-1-3-14(10-13)20(27)28/h1-5,10-11,16,18H,6-9,12H2,(H,26,29)(H,27,28)/t16-,18-/m1/s1. The molecule has 5 rings (SSSR count). The summed E-state index contributed by atoms with van der Waals surface area (Å²) < 4.78 is 41.4. The first-order valence-electron chi connectivity index (χ1n) is 10.4. The third-order valence-corrected chi connectivity index (χ3v) is 6.26. The highest BCUT2D eigenvalue weighted by molar-refractivity contribution is 5.91. The zero-order chi connectivity index (χ0) is 22.5. The van der Waals surface area contributed by atoms with Crippen LogP contribution >= 0.6 is 0 Å². The van der Waals surface area contributed by atoms with Crippen LogP contribution in [0.15, 0.2) is 42.5 Å². The molecule has 0 bridgehead atoms. The number of alkyl halides is 2. The van der Waals surface area contributed by atoms with Crippen molar-refractivity contribution in [2.24, 2.45) is 0 Å². The van der Waals surface area contributed by atoms with Crippen LogP contribution in [0.25, 0.3) is 0 Å². The van der Waals surface area contributed by atoms with E-state index in [9.17, 15) is 23.5 Å². The van der Waals surface area contributed by atoms with Crippen molar-refractivity contribution in [3.8, 4) is 11.5 Å². The van der Waals surface area contributed by atoms with Crippen molar-refractivity contribution in [1.82, 2.24) is 5.32 Å². The highest BCUT2D eigenvalue weighted by Crippen LogP contribution is 2.52. The molecule has 2 aromatic rings. The molecule has 1 amide bonds. The summed E-state index contributed by atoms with van der Waals surface area (Å²) in [6, 6.07) is 10.9. The van der Waals surface area contributed by atoms with Crippen LogP contribution in [0.5, 0.6) is 11.5 Å². The second kappa shape index (κ2) is 7.44. The molecule has 1 aliphatic carbocycles. The Hall–Kier alpha value is -3.20. The van der Waals surface area contributed by atoms with Crippen LogP contribution in [-0.2, 0) is 14.9 Å². The zero-order valence-corrected chi connectivity index (χ0v) is 17.0. The molecule has 2 aliphatic heterocycles. The van der Waals surface area contributed by atoms with E-state index in [0.717, 1.165) is 5.56 Å². The van der Waals surface area contributed by atoms with Crippen LogP contribution in [0.4, 0.5) is 8.78 Å². The van der Waals surface area contributed by atoms with Gasteiger partial charge in [0.25, 0.3) is 0 Å². The van der Waals surface area contributed by atoms with Gasteiger partial charge in [-0.1, -0.05) is 18.2 Å². The third kappa shape index (κ3) is 3.77. The molecule has 32 heavy (non-hydrogen) atoms. The van der Waals surface area contributed by atoms with Gasteiger partial charge < -0.3 is 24.6 Å². The molecule has 1 saturated heterocycles. The van der Waals surface area contributed by atoms with E-state index in [-0.39, 0.29) is 35.1 Å². The lowest BCUT2D eigenvalue weighted by atomic mass is 9.92. The normalized spacial score (nSPS) is 24.6. The fraction of sp³-hybridized carbons (Fsp3) is 0.391. The maximum atomic E-state index is 13.3. The molecule has 9 heteroatoms. The highest BCUT2D eigenvalue weighted by atomic mass is 19.3. The Morgan fingerprint density at radius 1 is 1.06 bits per heavy atom. The molecule has 2 fully saturated rings. The van der Waals surface area contributed by atoms with Crippen molar-refractivity contribution >= 4 is 11.9 Å². The monoisotopic (exact) mass is 445 g/mol. The quantitative estimate of drug-likeness (QED) is 0.728. The number of rotatable bonds is 5. The number of ether oxygens (including phenoxy) is 3. The number of amides is 1. The Bertz CT molecular complexity index is 1080. The molecule has 2 N–H and O–H groups in total. The summed E-state index contributed by atoms with van der Waals surface area (Å²) in [6.45, 7) is 0.430. The van der Waals surface area contributed by atoms with E-state index < -0.39 is 17.7 Å². The van der Waals surface area contributed by atoms with E-state index in [1.165, 1.54) is 18.2 Å². The van der Waals surface area contributed by atoms with Crippen LogP contribution in [0.2, 0.25) is 0 Å². The molecule has 3 aliphatic rings. The van der Waals surface area contributed by atoms with Gasteiger partial charge >= 0.3 is 12.3 Å². The summed E-state index contributed by atoms with van der Waals surface area (Å²) in [4.78, 5) is 24.4. The molecule has 7 nitrogen and oxygen atoms in total. The largest absolute Gasteiger partial charge is 0.586 e. The van der Waals surface area contributed by atoms with E-state index in [4.69, 9.17) is 4.74 Å². The first-order valence-corrected chi connectivity index (χ1v) is 10.4. The molecule has 0 radical (unpaired) electrons. The molecule has 1 saturated carbocycles. The van der Waals surface area contributed by atoms with Gasteiger partial charge in [-0.3, -0.25) is 4.79 Å². The minimum Gasteiger partial charge on any atom is -0.478 e. The Balaban J connectivity index is 1.28. The minimum absolute atomic E-state index is 0.0502. The van der Waals surface area contributed by atoms with Crippen molar-refractivity contribution in [3.63, 3.8) is 0 Å². The molecule has 2 atom stereocenters. The Labute approximate surface area is 182 Å². The number of hydrogen-bond acceptors (Lipinski definition) is 5. The first kappa shape index (κ1) is 20.7. The molecule has 0 unspecified atom stereocenters. The molecule has 2 heterocycles. The average molecular weight is 445 g/mol. The minimum atomic E-state index is -3.70. The number of fused-ring (bicyclic) bond motifs is 1. The van der Waals surface area contributed by atoms with Gasteiger partial charge in [-0.25, -0.2) is 4.79 Å². The number of hydrogen-bond donors (Lipinski definition) is 2. The topological polar surface area (TPSA) is 94.1 Å². The summed E-state index contributed by atoms with van der Waals surface area (Å²) in [5, 5.41) is 12.3. The van der Waals surface area contributed by atoms with Gasteiger partial charge in [0.15, 0.2) is 11.5 Å². The van der Waals surface area contributed by atoms with Gasteiger partial charge in [0, 0.05) is 12.6 Å². The second-order valence-electron chi connectivity index (χ2n) is 8.40. The summed E-state index contributed by atoms with van der Waals surface area (Å²) in [6.07, 6.45) is -1.65. The summed E-state index contributed by atoms with van der Waals surface area (Å²) >= 11 is 0. The highest BCUT2D eigenvalue weighted by Gasteiger charge is 2.53. The first-order chi connectivity index (χ1) is 15.3. The van der Waals surface area contributed by atoms with Gasteiger partial charge in [0.05, 0.1) is 17.1 Å². The number of carbonyl (C=O) groups excluding carboxylic acids is 1. The van der Waals surface area contributed by atoms with Gasteiger partial charge in [-0.2, -0.15) is 0 Å². The van der Waals surface area contributed by atoms with E-state index in [0.29, 0.717) is 37.9 Å². The fourth-order valence-electron chi connectivity index (χ4n) is 4.37. The van der Waals surface area contributed by atoms with Gasteiger partial charge in [0.1, 0.15) is 0 Å². The van der Waals surface area contributed by atoms with Gasteiger partial charge in [-0.05, 0) is 61.1 Å². The maximum absolute atomic E-state index is 13.3. The number of benzene rings is 2. The van der Waals surface area contributed by atoms with Crippen LogP contribution in [0.1, 0.15) is 53.3 Å². The van der Waals surface area contributed by atoms with Crippen molar-refractivity contribution in [1.29, 1.82) is 0 Å². The van der Waals surface area contributed by atoms with E-state index in [2.05, 4.69) is 14.8 Å². The van der Waals surface area contributed by atoms with E-state index in [1.54, 1.807) is 18.2 Å². The third-order valence-electron chi connectivity index (χ3n) is 6.26. The van der Waals surface area contributed by atoms with Crippen LogP contribution in [-0.4, -0.2) is 35.9 Å². The number of aromatic carboxylic acids is 1. The van der Waals surface area contributed by atoms with Crippen LogP contribution in [0, 0.1) is 0 Å². The second-order valence-corrected chi connectivity index (χ2v) is 8.40. The summed E-state index contributed by atoms with van der Waals surface area (Å²) in [5.74, 6) is -1.29. The molecular weight excluding hydrogens is 424 g/mol. The lowest BCUT2D eigenvalue weighted by molar-refractivity contribution is -0.286. The molecule has 168 valence electrons. The Kier molecular flexibility index (Phi) is 4.81. The molecule has 0 aromatic heterocycles. The van der Waals surface area contributed by atoms with Gasteiger partial charge in [0.2, 0.25) is 5.91 Å². The molecular formula is C23H21F2NO6. The predicted octanol–water partition coefficient (Wildman–Crippen LogP) is 3.77. The van der Waals surface area contributed by atoms with E-state index >= 15 is 0 Å². The Morgan fingerprint density at radius 3 is 2.59 bits per heavy atom. The van der Waals surface area contributed by atoms with Crippen molar-refractivity contribution in [2.75, 3.05) is 6.61 Å². The van der Waals surface area contributed by atoms with Crippen LogP contribution < -0.4 is 14.8 Å². The number of carboxylic acid groups (broad SMARTS) is 1. The number of carbonyl (C=O) groups is 2. The predicted molar refractivity (Wildman–Crippen MR) is 107 cm³/mol. The number of nitrogens with one attached hydrogen (secondary N) is 1. The van der Waals surface area contributed by atoms with Crippen molar-refractivity contribution in [2.45, 2.75) is 49.5 Å². The molecule has 0 spiro atoms. The zero-order valence-electron chi connectivity index (χ0n) is 17.0. The Morgan fingerprint density at radius 2 is 1.84 bits per heavy atom.